The van der Waals surface area contributed by atoms with Crippen LogP contribution in [-0.2, 0) is 0 Å². The SMILES string of the molecule is Fc1cccc(Br)c1NCCOc1ccc(Br)cc1. The number of nitrogens with one attached hydrogen (secondary N) is 1. The van der Waals surface area contributed by atoms with Crippen LogP contribution >= 0.6 is 31.9 Å². The lowest BCUT2D eigenvalue weighted by molar-refractivity contribution is 0.332. The van der Waals surface area contributed by atoms with Crippen LogP contribution in [0.25, 0.3) is 0 Å². The molecule has 19 heavy (non-hydrogen) atoms. The van der Waals surface area contributed by atoms with E-state index < -0.39 is 0 Å². The van der Waals surface area contributed by atoms with Crippen LogP contribution < -0.4 is 10.1 Å². The van der Waals surface area contributed by atoms with E-state index in [1.165, 1.54) is 6.07 Å². The molecule has 0 fully saturated rings. The van der Waals surface area contributed by atoms with Crippen molar-refractivity contribution in [3.05, 3.63) is 57.2 Å². The summed E-state index contributed by atoms with van der Waals surface area (Å²) in [6.45, 7) is 0.984. The van der Waals surface area contributed by atoms with Crippen LogP contribution in [-0.4, -0.2) is 13.2 Å². The van der Waals surface area contributed by atoms with Crippen molar-refractivity contribution in [2.24, 2.45) is 0 Å². The Morgan fingerprint density at radius 2 is 1.79 bits per heavy atom. The lowest BCUT2D eigenvalue weighted by Gasteiger charge is -2.10. The summed E-state index contributed by atoms with van der Waals surface area (Å²) < 4.78 is 20.8. The topological polar surface area (TPSA) is 21.3 Å². The summed E-state index contributed by atoms with van der Waals surface area (Å²) in [7, 11) is 0. The minimum absolute atomic E-state index is 0.280. The number of halogens is 3. The first kappa shape index (κ1) is 14.3. The summed E-state index contributed by atoms with van der Waals surface area (Å²) in [6, 6.07) is 12.4. The van der Waals surface area contributed by atoms with Gasteiger partial charge in [0.25, 0.3) is 0 Å². The van der Waals surface area contributed by atoms with Crippen LogP contribution in [0.1, 0.15) is 0 Å². The van der Waals surface area contributed by atoms with Crippen molar-refractivity contribution in [1.29, 1.82) is 0 Å². The fourth-order valence-electron chi connectivity index (χ4n) is 1.54. The third kappa shape index (κ3) is 4.21. The second-order valence-corrected chi connectivity index (χ2v) is 5.60. The molecule has 0 radical (unpaired) electrons. The van der Waals surface area contributed by atoms with E-state index >= 15 is 0 Å². The van der Waals surface area contributed by atoms with E-state index in [4.69, 9.17) is 4.74 Å². The van der Waals surface area contributed by atoms with Gasteiger partial charge >= 0.3 is 0 Å². The molecule has 0 aliphatic heterocycles. The van der Waals surface area contributed by atoms with E-state index in [-0.39, 0.29) is 5.82 Å². The molecular formula is C14H12Br2FNO. The molecule has 1 N–H and O–H groups in total. The van der Waals surface area contributed by atoms with Gasteiger partial charge < -0.3 is 10.1 Å². The quantitative estimate of drug-likeness (QED) is 0.740. The van der Waals surface area contributed by atoms with Crippen LogP contribution in [0.2, 0.25) is 0 Å². The lowest BCUT2D eigenvalue weighted by atomic mass is 10.3. The molecule has 0 amide bonds. The first-order chi connectivity index (χ1) is 9.16. The first-order valence-electron chi connectivity index (χ1n) is 5.73. The summed E-state index contributed by atoms with van der Waals surface area (Å²) in [5.41, 5.74) is 0.460. The Labute approximate surface area is 128 Å². The molecule has 5 heteroatoms. The zero-order valence-corrected chi connectivity index (χ0v) is 13.2. The maximum Gasteiger partial charge on any atom is 0.147 e. The largest absolute Gasteiger partial charge is 0.492 e. The number of para-hydroxylation sites is 1. The fraction of sp³-hybridized carbons (Fsp3) is 0.143. The van der Waals surface area contributed by atoms with Crippen molar-refractivity contribution in [3.8, 4) is 5.75 Å². The molecule has 100 valence electrons. The van der Waals surface area contributed by atoms with Crippen molar-refractivity contribution in [1.82, 2.24) is 0 Å². The summed E-state index contributed by atoms with van der Waals surface area (Å²) in [6.07, 6.45) is 0. The Balaban J connectivity index is 1.82. The molecule has 0 saturated carbocycles. The van der Waals surface area contributed by atoms with Gasteiger partial charge in [-0.05, 0) is 52.3 Å². The number of hydrogen-bond donors (Lipinski definition) is 1. The second-order valence-electron chi connectivity index (χ2n) is 3.83. The molecule has 0 unspecified atom stereocenters. The summed E-state index contributed by atoms with van der Waals surface area (Å²) in [4.78, 5) is 0. The van der Waals surface area contributed by atoms with Crippen LogP contribution in [0.3, 0.4) is 0 Å². The predicted molar refractivity (Wildman–Crippen MR) is 82.2 cm³/mol. The summed E-state index contributed by atoms with van der Waals surface area (Å²) in [5.74, 6) is 0.510. The minimum Gasteiger partial charge on any atom is -0.492 e. The summed E-state index contributed by atoms with van der Waals surface area (Å²) >= 11 is 6.66. The lowest BCUT2D eigenvalue weighted by Crippen LogP contribution is -2.12. The van der Waals surface area contributed by atoms with Crippen LogP contribution in [0.4, 0.5) is 10.1 Å². The number of hydrogen-bond acceptors (Lipinski definition) is 2. The highest BCUT2D eigenvalue weighted by Crippen LogP contribution is 2.24. The molecule has 2 aromatic rings. The Morgan fingerprint density at radius 3 is 2.47 bits per heavy atom. The molecule has 2 aromatic carbocycles. The Bertz CT molecular complexity index is 525. The van der Waals surface area contributed by atoms with E-state index in [9.17, 15) is 4.39 Å². The highest BCUT2D eigenvalue weighted by Gasteiger charge is 2.05. The Kier molecular flexibility index (Phi) is 5.22. The van der Waals surface area contributed by atoms with Crippen molar-refractivity contribution < 1.29 is 9.13 Å². The zero-order chi connectivity index (χ0) is 13.7. The van der Waals surface area contributed by atoms with Gasteiger partial charge in [-0.2, -0.15) is 0 Å². The minimum atomic E-state index is -0.280. The molecule has 0 aliphatic carbocycles. The van der Waals surface area contributed by atoms with Crippen molar-refractivity contribution in [2.75, 3.05) is 18.5 Å². The first-order valence-corrected chi connectivity index (χ1v) is 7.31. The molecule has 0 bridgehead atoms. The molecule has 0 spiro atoms. The molecule has 0 heterocycles. The van der Waals surface area contributed by atoms with Crippen molar-refractivity contribution >= 4 is 37.5 Å². The average Bonchev–Trinajstić information content (AvgIpc) is 2.39. The van der Waals surface area contributed by atoms with Crippen LogP contribution in [0.15, 0.2) is 51.4 Å². The highest BCUT2D eigenvalue weighted by molar-refractivity contribution is 9.10. The van der Waals surface area contributed by atoms with Gasteiger partial charge in [0.1, 0.15) is 18.2 Å². The normalized spacial score (nSPS) is 10.3. The van der Waals surface area contributed by atoms with E-state index in [1.54, 1.807) is 12.1 Å². The molecule has 0 aromatic heterocycles. The van der Waals surface area contributed by atoms with Gasteiger partial charge in [-0.3, -0.25) is 0 Å². The third-order valence-corrected chi connectivity index (χ3v) is 3.64. The number of benzene rings is 2. The maximum absolute atomic E-state index is 13.5. The van der Waals surface area contributed by atoms with E-state index in [0.29, 0.717) is 23.3 Å². The molecule has 0 aliphatic rings. The monoisotopic (exact) mass is 387 g/mol. The summed E-state index contributed by atoms with van der Waals surface area (Å²) in [5, 5.41) is 3.01. The molecule has 2 rings (SSSR count). The third-order valence-electron chi connectivity index (χ3n) is 2.45. The second kappa shape index (κ2) is 6.91. The molecule has 2 nitrogen and oxygen atoms in total. The highest BCUT2D eigenvalue weighted by atomic mass is 79.9. The zero-order valence-electron chi connectivity index (χ0n) is 10.00. The van der Waals surface area contributed by atoms with Crippen molar-refractivity contribution in [2.45, 2.75) is 0 Å². The van der Waals surface area contributed by atoms with Crippen LogP contribution in [0, 0.1) is 5.82 Å². The van der Waals surface area contributed by atoms with Gasteiger partial charge in [-0.25, -0.2) is 4.39 Å². The van der Waals surface area contributed by atoms with E-state index in [2.05, 4.69) is 37.2 Å². The van der Waals surface area contributed by atoms with Gasteiger partial charge in [0.2, 0.25) is 0 Å². The Morgan fingerprint density at radius 1 is 1.05 bits per heavy atom. The molecule has 0 atom stereocenters. The number of ether oxygens (including phenoxy) is 1. The smallest absolute Gasteiger partial charge is 0.147 e. The maximum atomic E-state index is 13.5. The Hall–Kier alpha value is -1.07. The fourth-order valence-corrected chi connectivity index (χ4v) is 2.29. The van der Waals surface area contributed by atoms with Gasteiger partial charge in [0.15, 0.2) is 0 Å². The standard InChI is InChI=1S/C14H12Br2FNO/c15-10-4-6-11(7-5-10)19-9-8-18-14-12(16)2-1-3-13(14)17/h1-7,18H,8-9H2. The van der Waals surface area contributed by atoms with Crippen LogP contribution in [0.5, 0.6) is 5.75 Å². The van der Waals surface area contributed by atoms with E-state index in [0.717, 1.165) is 10.2 Å². The number of anilines is 1. The molecular weight excluding hydrogens is 377 g/mol. The predicted octanol–water partition coefficient (Wildman–Crippen LogP) is 4.84. The molecule has 0 saturated heterocycles. The number of rotatable bonds is 5. The average molecular weight is 389 g/mol. The van der Waals surface area contributed by atoms with Gasteiger partial charge in [-0.1, -0.05) is 22.0 Å². The van der Waals surface area contributed by atoms with Gasteiger partial charge in [0.05, 0.1) is 5.69 Å². The van der Waals surface area contributed by atoms with E-state index in [1.807, 2.05) is 24.3 Å². The van der Waals surface area contributed by atoms with Gasteiger partial charge in [-0.15, -0.1) is 0 Å². The van der Waals surface area contributed by atoms with Crippen molar-refractivity contribution in [3.63, 3.8) is 0 Å². The van der Waals surface area contributed by atoms with Gasteiger partial charge in [0, 0.05) is 15.5 Å².